The Hall–Kier alpha value is -1.02. The van der Waals surface area contributed by atoms with Crippen LogP contribution in [0.2, 0.25) is 0 Å². The van der Waals surface area contributed by atoms with Crippen molar-refractivity contribution in [3.05, 3.63) is 28.8 Å². The molecule has 0 bridgehead atoms. The lowest BCUT2D eigenvalue weighted by atomic mass is 10.1. The van der Waals surface area contributed by atoms with Crippen molar-refractivity contribution in [2.45, 2.75) is 47.0 Å². The number of rotatable bonds is 8. The molecule has 1 N–H and O–H groups in total. The predicted molar refractivity (Wildman–Crippen MR) is 78.5 cm³/mol. The Kier molecular flexibility index (Phi) is 6.81. The van der Waals surface area contributed by atoms with Crippen LogP contribution in [0.5, 0.6) is 5.75 Å². The van der Waals surface area contributed by atoms with Gasteiger partial charge in [-0.2, -0.15) is 0 Å². The van der Waals surface area contributed by atoms with E-state index in [4.69, 9.17) is 4.74 Å². The van der Waals surface area contributed by atoms with Crippen molar-refractivity contribution in [1.82, 2.24) is 5.32 Å². The van der Waals surface area contributed by atoms with E-state index in [0.717, 1.165) is 25.4 Å². The molecule has 102 valence electrons. The van der Waals surface area contributed by atoms with Gasteiger partial charge in [0.25, 0.3) is 0 Å². The van der Waals surface area contributed by atoms with Gasteiger partial charge in [0.15, 0.2) is 0 Å². The average molecular weight is 249 g/mol. The minimum Gasteiger partial charge on any atom is -0.492 e. The van der Waals surface area contributed by atoms with E-state index < -0.39 is 0 Å². The molecule has 0 saturated heterocycles. The van der Waals surface area contributed by atoms with E-state index in [1.54, 1.807) is 0 Å². The summed E-state index contributed by atoms with van der Waals surface area (Å²) in [4.78, 5) is 0. The Morgan fingerprint density at radius 1 is 1.06 bits per heavy atom. The van der Waals surface area contributed by atoms with Crippen LogP contribution in [0.4, 0.5) is 0 Å². The highest BCUT2D eigenvalue weighted by atomic mass is 16.5. The van der Waals surface area contributed by atoms with Gasteiger partial charge in [-0.25, -0.2) is 0 Å². The van der Waals surface area contributed by atoms with Gasteiger partial charge in [0, 0.05) is 6.54 Å². The van der Waals surface area contributed by atoms with Crippen molar-refractivity contribution in [1.29, 1.82) is 0 Å². The highest BCUT2D eigenvalue weighted by molar-refractivity contribution is 5.41. The second-order valence-corrected chi connectivity index (χ2v) is 5.01. The molecule has 0 aliphatic rings. The van der Waals surface area contributed by atoms with Gasteiger partial charge >= 0.3 is 0 Å². The zero-order chi connectivity index (χ0) is 13.4. The molecule has 0 fully saturated rings. The summed E-state index contributed by atoms with van der Waals surface area (Å²) in [5.41, 5.74) is 3.83. The van der Waals surface area contributed by atoms with Crippen molar-refractivity contribution in [3.63, 3.8) is 0 Å². The molecule has 0 aliphatic carbocycles. The molecule has 0 aromatic heterocycles. The molecule has 2 heteroatoms. The molecule has 1 aromatic rings. The molecule has 0 aliphatic heterocycles. The Bertz CT molecular complexity index is 360. The van der Waals surface area contributed by atoms with Crippen LogP contribution in [0.3, 0.4) is 0 Å². The molecule has 0 amide bonds. The fourth-order valence-electron chi connectivity index (χ4n) is 2.01. The lowest BCUT2D eigenvalue weighted by Gasteiger charge is -2.12. The molecular weight excluding hydrogens is 222 g/mol. The summed E-state index contributed by atoms with van der Waals surface area (Å²) in [6.45, 7) is 11.4. The standard InChI is InChI=1S/C16H27NO/c1-5-6-7-8-17-9-10-18-16-12-13(2)11-14(3)15(16)4/h11-12,17H,5-10H2,1-4H3. The van der Waals surface area contributed by atoms with Crippen LogP contribution in [0.1, 0.15) is 42.9 Å². The minimum atomic E-state index is 0.746. The SMILES string of the molecule is CCCCCNCCOc1cc(C)cc(C)c1C. The maximum atomic E-state index is 5.84. The second-order valence-electron chi connectivity index (χ2n) is 5.01. The zero-order valence-corrected chi connectivity index (χ0v) is 12.3. The number of nitrogens with one attached hydrogen (secondary N) is 1. The lowest BCUT2D eigenvalue weighted by molar-refractivity contribution is 0.311. The summed E-state index contributed by atoms with van der Waals surface area (Å²) in [5.74, 6) is 1.03. The second kappa shape index (κ2) is 8.15. The van der Waals surface area contributed by atoms with E-state index in [1.165, 1.54) is 36.0 Å². The molecule has 0 saturated carbocycles. The van der Waals surface area contributed by atoms with Gasteiger partial charge in [0.2, 0.25) is 0 Å². The molecule has 0 unspecified atom stereocenters. The first-order valence-corrected chi connectivity index (χ1v) is 7.06. The zero-order valence-electron chi connectivity index (χ0n) is 12.3. The third-order valence-electron chi connectivity index (χ3n) is 3.26. The molecule has 0 atom stereocenters. The molecular formula is C16H27NO. The quantitative estimate of drug-likeness (QED) is 0.708. The van der Waals surface area contributed by atoms with E-state index in [0.29, 0.717) is 0 Å². The molecule has 2 nitrogen and oxygen atoms in total. The number of ether oxygens (including phenoxy) is 1. The van der Waals surface area contributed by atoms with Crippen LogP contribution in [-0.4, -0.2) is 19.7 Å². The Morgan fingerprint density at radius 2 is 1.83 bits per heavy atom. The maximum Gasteiger partial charge on any atom is 0.122 e. The summed E-state index contributed by atoms with van der Waals surface area (Å²) in [6, 6.07) is 4.32. The third-order valence-corrected chi connectivity index (χ3v) is 3.26. The largest absolute Gasteiger partial charge is 0.492 e. The summed E-state index contributed by atoms with van der Waals surface area (Å²) >= 11 is 0. The predicted octanol–water partition coefficient (Wildman–Crippen LogP) is 3.77. The topological polar surface area (TPSA) is 21.3 Å². The van der Waals surface area contributed by atoms with Crippen LogP contribution in [0.15, 0.2) is 12.1 Å². The van der Waals surface area contributed by atoms with Gasteiger partial charge in [-0.3, -0.25) is 0 Å². The molecule has 0 heterocycles. The highest BCUT2D eigenvalue weighted by Crippen LogP contribution is 2.22. The Morgan fingerprint density at radius 3 is 2.56 bits per heavy atom. The molecule has 18 heavy (non-hydrogen) atoms. The maximum absolute atomic E-state index is 5.84. The average Bonchev–Trinajstić information content (AvgIpc) is 2.33. The van der Waals surface area contributed by atoms with Crippen molar-refractivity contribution in [3.8, 4) is 5.75 Å². The van der Waals surface area contributed by atoms with Crippen LogP contribution in [0.25, 0.3) is 0 Å². The fraction of sp³-hybridized carbons (Fsp3) is 0.625. The minimum absolute atomic E-state index is 0.746. The van der Waals surface area contributed by atoms with Gasteiger partial charge in [0.05, 0.1) is 0 Å². The van der Waals surface area contributed by atoms with Gasteiger partial charge in [-0.1, -0.05) is 25.8 Å². The highest BCUT2D eigenvalue weighted by Gasteiger charge is 2.03. The monoisotopic (exact) mass is 249 g/mol. The van der Waals surface area contributed by atoms with Gasteiger partial charge in [0.1, 0.15) is 12.4 Å². The summed E-state index contributed by atoms with van der Waals surface area (Å²) in [5, 5.41) is 3.41. The molecule has 0 radical (unpaired) electrons. The third kappa shape index (κ3) is 5.09. The summed E-state index contributed by atoms with van der Waals surface area (Å²) in [7, 11) is 0. The van der Waals surface area contributed by atoms with E-state index >= 15 is 0 Å². The number of aryl methyl sites for hydroxylation is 2. The van der Waals surface area contributed by atoms with Gasteiger partial charge in [-0.15, -0.1) is 0 Å². The van der Waals surface area contributed by atoms with Crippen molar-refractivity contribution in [2.24, 2.45) is 0 Å². The summed E-state index contributed by atoms with van der Waals surface area (Å²) in [6.07, 6.45) is 3.85. The van der Waals surface area contributed by atoms with Gasteiger partial charge < -0.3 is 10.1 Å². The van der Waals surface area contributed by atoms with Gasteiger partial charge in [-0.05, 0) is 56.5 Å². The van der Waals surface area contributed by atoms with Crippen molar-refractivity contribution < 1.29 is 4.74 Å². The smallest absolute Gasteiger partial charge is 0.122 e. The van der Waals surface area contributed by atoms with Crippen molar-refractivity contribution in [2.75, 3.05) is 19.7 Å². The molecule has 1 rings (SSSR count). The first-order valence-electron chi connectivity index (χ1n) is 7.06. The van der Waals surface area contributed by atoms with Crippen molar-refractivity contribution >= 4 is 0 Å². The lowest BCUT2D eigenvalue weighted by Crippen LogP contribution is -2.22. The molecule has 0 spiro atoms. The Labute approximate surface area is 112 Å². The van der Waals surface area contributed by atoms with Crippen LogP contribution in [0, 0.1) is 20.8 Å². The van der Waals surface area contributed by atoms with E-state index in [9.17, 15) is 0 Å². The van der Waals surface area contributed by atoms with E-state index in [-0.39, 0.29) is 0 Å². The first-order chi connectivity index (χ1) is 8.65. The van der Waals surface area contributed by atoms with Crippen LogP contribution >= 0.6 is 0 Å². The van der Waals surface area contributed by atoms with E-state index in [2.05, 4.69) is 45.1 Å². The fourth-order valence-corrected chi connectivity index (χ4v) is 2.01. The van der Waals surface area contributed by atoms with Crippen LogP contribution in [-0.2, 0) is 0 Å². The number of hydrogen-bond donors (Lipinski definition) is 1. The normalized spacial score (nSPS) is 10.7. The number of unbranched alkanes of at least 4 members (excludes halogenated alkanes) is 2. The number of hydrogen-bond acceptors (Lipinski definition) is 2. The summed E-state index contributed by atoms with van der Waals surface area (Å²) < 4.78 is 5.84. The van der Waals surface area contributed by atoms with Crippen LogP contribution < -0.4 is 10.1 Å². The molecule has 1 aromatic carbocycles. The van der Waals surface area contributed by atoms with E-state index in [1.807, 2.05) is 0 Å². The Balaban J connectivity index is 2.27. The number of benzene rings is 1. The first kappa shape index (κ1) is 15.0.